The molecule has 1 aliphatic rings. The third-order valence-corrected chi connectivity index (χ3v) is 4.07. The van der Waals surface area contributed by atoms with Crippen molar-refractivity contribution in [3.05, 3.63) is 0 Å². The Morgan fingerprint density at radius 2 is 1.95 bits per heavy atom. The zero-order chi connectivity index (χ0) is 14.1. The highest BCUT2D eigenvalue weighted by atomic mass is 16.1. The molecule has 1 amide bonds. The summed E-state index contributed by atoms with van der Waals surface area (Å²) < 4.78 is 0. The minimum absolute atomic E-state index is 0.221. The molecule has 1 heterocycles. The van der Waals surface area contributed by atoms with Crippen LogP contribution in [0.3, 0.4) is 0 Å². The summed E-state index contributed by atoms with van der Waals surface area (Å²) >= 11 is 0. The van der Waals surface area contributed by atoms with Gasteiger partial charge in [0.15, 0.2) is 0 Å². The fourth-order valence-electron chi connectivity index (χ4n) is 2.77. The van der Waals surface area contributed by atoms with Crippen LogP contribution in [0.2, 0.25) is 0 Å². The van der Waals surface area contributed by atoms with Crippen molar-refractivity contribution in [1.29, 1.82) is 0 Å². The van der Waals surface area contributed by atoms with Gasteiger partial charge in [0.2, 0.25) is 5.91 Å². The van der Waals surface area contributed by atoms with Crippen molar-refractivity contribution in [3.63, 3.8) is 0 Å². The fraction of sp³-hybridized carbons (Fsp3) is 0.933. The zero-order valence-corrected chi connectivity index (χ0v) is 12.9. The van der Waals surface area contributed by atoms with E-state index in [1.807, 2.05) is 0 Å². The molecule has 0 aromatic heterocycles. The van der Waals surface area contributed by atoms with E-state index in [4.69, 9.17) is 0 Å². The van der Waals surface area contributed by atoms with E-state index in [0.717, 1.165) is 45.1 Å². The Hall–Kier alpha value is -0.610. The van der Waals surface area contributed by atoms with Gasteiger partial charge in [-0.1, -0.05) is 13.8 Å². The molecule has 1 aliphatic heterocycles. The minimum atomic E-state index is 0.221. The molecule has 1 rings (SSSR count). The Bertz CT molecular complexity index is 248. The lowest BCUT2D eigenvalue weighted by Gasteiger charge is -2.24. The Morgan fingerprint density at radius 1 is 1.32 bits per heavy atom. The molecule has 0 bridgehead atoms. The highest BCUT2D eigenvalue weighted by Gasteiger charge is 2.15. The first-order valence-corrected chi connectivity index (χ1v) is 7.88. The molecular formula is C15H31N3O. The number of nitrogens with one attached hydrogen (secondary N) is 2. The van der Waals surface area contributed by atoms with Gasteiger partial charge in [-0.3, -0.25) is 4.79 Å². The van der Waals surface area contributed by atoms with Crippen LogP contribution in [0, 0.1) is 5.92 Å². The van der Waals surface area contributed by atoms with E-state index in [0.29, 0.717) is 6.42 Å². The smallest absolute Gasteiger partial charge is 0.220 e. The maximum absolute atomic E-state index is 11.9. The van der Waals surface area contributed by atoms with Crippen molar-refractivity contribution >= 4 is 5.91 Å². The average molecular weight is 269 g/mol. The normalized spacial score (nSPS) is 18.5. The molecule has 0 saturated carbocycles. The Morgan fingerprint density at radius 3 is 2.53 bits per heavy atom. The van der Waals surface area contributed by atoms with Gasteiger partial charge >= 0.3 is 0 Å². The number of hydrogen-bond acceptors (Lipinski definition) is 3. The second kappa shape index (κ2) is 9.32. The SMILES string of the molecule is CCN(CC)CC(C)NC(=O)CCC1CCNCC1. The molecule has 1 unspecified atom stereocenters. The van der Waals surface area contributed by atoms with E-state index in [1.54, 1.807) is 0 Å². The fourth-order valence-corrected chi connectivity index (χ4v) is 2.77. The summed E-state index contributed by atoms with van der Waals surface area (Å²) in [4.78, 5) is 14.3. The predicted octanol–water partition coefficient (Wildman–Crippen LogP) is 1.61. The van der Waals surface area contributed by atoms with E-state index < -0.39 is 0 Å². The summed E-state index contributed by atoms with van der Waals surface area (Å²) in [5, 5.41) is 6.49. The summed E-state index contributed by atoms with van der Waals surface area (Å²) in [6.07, 6.45) is 4.18. The first kappa shape index (κ1) is 16.4. The van der Waals surface area contributed by atoms with Gasteiger partial charge in [0.25, 0.3) is 0 Å². The Balaban J connectivity index is 2.15. The van der Waals surface area contributed by atoms with E-state index in [2.05, 4.69) is 36.3 Å². The number of likely N-dealkylation sites (N-methyl/N-ethyl adjacent to an activating group) is 1. The molecule has 1 atom stereocenters. The van der Waals surface area contributed by atoms with Crippen molar-refractivity contribution in [3.8, 4) is 0 Å². The van der Waals surface area contributed by atoms with Crippen LogP contribution in [-0.2, 0) is 4.79 Å². The highest BCUT2D eigenvalue weighted by molar-refractivity contribution is 5.76. The molecule has 1 saturated heterocycles. The molecule has 0 spiro atoms. The summed E-state index contributed by atoms with van der Waals surface area (Å²) in [7, 11) is 0. The number of carbonyl (C=O) groups excluding carboxylic acids is 1. The van der Waals surface area contributed by atoms with E-state index >= 15 is 0 Å². The van der Waals surface area contributed by atoms with Crippen LogP contribution in [0.5, 0.6) is 0 Å². The first-order chi connectivity index (χ1) is 9.15. The molecule has 0 aliphatic carbocycles. The Kier molecular flexibility index (Phi) is 8.07. The lowest BCUT2D eigenvalue weighted by atomic mass is 9.93. The zero-order valence-electron chi connectivity index (χ0n) is 12.9. The van der Waals surface area contributed by atoms with Gasteiger partial charge in [0.05, 0.1) is 0 Å². The lowest BCUT2D eigenvalue weighted by Crippen LogP contribution is -2.42. The number of amides is 1. The molecule has 4 nitrogen and oxygen atoms in total. The van der Waals surface area contributed by atoms with Crippen LogP contribution in [-0.4, -0.2) is 49.6 Å². The first-order valence-electron chi connectivity index (χ1n) is 7.88. The van der Waals surface area contributed by atoms with Crippen LogP contribution < -0.4 is 10.6 Å². The molecule has 112 valence electrons. The van der Waals surface area contributed by atoms with Gasteiger partial charge in [-0.25, -0.2) is 0 Å². The van der Waals surface area contributed by atoms with Gasteiger partial charge in [0.1, 0.15) is 0 Å². The van der Waals surface area contributed by atoms with Gasteiger partial charge in [-0.15, -0.1) is 0 Å². The Labute approximate surface area is 118 Å². The van der Waals surface area contributed by atoms with Crippen LogP contribution in [0.1, 0.15) is 46.5 Å². The van der Waals surface area contributed by atoms with Crippen molar-refractivity contribution in [1.82, 2.24) is 15.5 Å². The maximum atomic E-state index is 11.9. The largest absolute Gasteiger partial charge is 0.352 e. The van der Waals surface area contributed by atoms with Crippen molar-refractivity contribution in [2.45, 2.75) is 52.5 Å². The highest BCUT2D eigenvalue weighted by Crippen LogP contribution is 2.17. The van der Waals surface area contributed by atoms with Gasteiger partial charge < -0.3 is 15.5 Å². The number of carbonyl (C=O) groups is 1. The minimum Gasteiger partial charge on any atom is -0.352 e. The molecule has 0 radical (unpaired) electrons. The third kappa shape index (κ3) is 6.92. The van der Waals surface area contributed by atoms with Crippen molar-refractivity contribution in [2.24, 2.45) is 5.92 Å². The summed E-state index contributed by atoms with van der Waals surface area (Å²) in [6.45, 7) is 11.7. The summed E-state index contributed by atoms with van der Waals surface area (Å²) in [5.41, 5.74) is 0. The quantitative estimate of drug-likeness (QED) is 0.704. The summed E-state index contributed by atoms with van der Waals surface area (Å²) in [5.74, 6) is 0.961. The standard InChI is InChI=1S/C15H31N3O/c1-4-18(5-2)12-13(3)17-15(19)7-6-14-8-10-16-11-9-14/h13-14,16H,4-12H2,1-3H3,(H,17,19). The molecule has 4 heteroatoms. The molecule has 2 N–H and O–H groups in total. The number of rotatable bonds is 8. The molecule has 0 aromatic carbocycles. The molecule has 0 aromatic rings. The second-order valence-corrected chi connectivity index (χ2v) is 5.69. The van der Waals surface area contributed by atoms with Gasteiger partial charge in [-0.2, -0.15) is 0 Å². The van der Waals surface area contributed by atoms with Crippen molar-refractivity contribution in [2.75, 3.05) is 32.7 Å². The van der Waals surface area contributed by atoms with E-state index in [-0.39, 0.29) is 11.9 Å². The maximum Gasteiger partial charge on any atom is 0.220 e. The average Bonchev–Trinajstić information content (AvgIpc) is 2.43. The monoisotopic (exact) mass is 269 g/mol. The van der Waals surface area contributed by atoms with E-state index in [9.17, 15) is 4.79 Å². The topological polar surface area (TPSA) is 44.4 Å². The van der Waals surface area contributed by atoms with E-state index in [1.165, 1.54) is 12.8 Å². The summed E-state index contributed by atoms with van der Waals surface area (Å²) in [6, 6.07) is 0.250. The van der Waals surface area contributed by atoms with Gasteiger partial charge in [0, 0.05) is 19.0 Å². The number of hydrogen-bond donors (Lipinski definition) is 2. The van der Waals surface area contributed by atoms with Gasteiger partial charge in [-0.05, 0) is 58.3 Å². The van der Waals surface area contributed by atoms with Crippen LogP contribution >= 0.6 is 0 Å². The van der Waals surface area contributed by atoms with Crippen LogP contribution in [0.15, 0.2) is 0 Å². The number of piperidine rings is 1. The number of nitrogens with zero attached hydrogens (tertiary/aromatic N) is 1. The molecule has 19 heavy (non-hydrogen) atoms. The third-order valence-electron chi connectivity index (χ3n) is 4.07. The molecule has 1 fully saturated rings. The van der Waals surface area contributed by atoms with Crippen molar-refractivity contribution < 1.29 is 4.79 Å². The molecular weight excluding hydrogens is 238 g/mol. The lowest BCUT2D eigenvalue weighted by molar-refractivity contribution is -0.122. The second-order valence-electron chi connectivity index (χ2n) is 5.69. The van der Waals surface area contributed by atoms with Crippen LogP contribution in [0.25, 0.3) is 0 Å². The van der Waals surface area contributed by atoms with Crippen LogP contribution in [0.4, 0.5) is 0 Å². The predicted molar refractivity (Wildman–Crippen MR) is 80.2 cm³/mol.